The molecular formula is C12H24N2O2. The Balaban J connectivity index is 2.49. The van der Waals surface area contributed by atoms with Crippen molar-refractivity contribution in [3.63, 3.8) is 0 Å². The summed E-state index contributed by atoms with van der Waals surface area (Å²) in [5, 5.41) is 9.01. The molecule has 0 spiro atoms. The molecule has 0 radical (unpaired) electrons. The van der Waals surface area contributed by atoms with E-state index in [0.29, 0.717) is 5.92 Å². The van der Waals surface area contributed by atoms with Gasteiger partial charge >= 0.3 is 5.97 Å². The topological polar surface area (TPSA) is 66.6 Å². The number of piperidine rings is 1. The second-order valence-corrected chi connectivity index (χ2v) is 4.95. The van der Waals surface area contributed by atoms with E-state index in [1.54, 1.807) is 6.92 Å². The van der Waals surface area contributed by atoms with E-state index < -0.39 is 5.97 Å². The quantitative estimate of drug-likeness (QED) is 0.741. The highest BCUT2D eigenvalue weighted by Crippen LogP contribution is 2.23. The Bertz CT molecular complexity index is 231. The predicted octanol–water partition coefficient (Wildman–Crippen LogP) is 1.16. The van der Waals surface area contributed by atoms with Crippen LogP contribution in [0.1, 0.15) is 33.1 Å². The molecule has 0 bridgehead atoms. The number of carboxylic acid groups (broad SMARTS) is 1. The molecule has 1 rings (SSSR count). The Morgan fingerprint density at radius 1 is 1.56 bits per heavy atom. The summed E-state index contributed by atoms with van der Waals surface area (Å²) in [5.41, 5.74) is 5.58. The van der Waals surface area contributed by atoms with Gasteiger partial charge in [0.1, 0.15) is 0 Å². The van der Waals surface area contributed by atoms with Gasteiger partial charge in [-0.2, -0.15) is 0 Å². The maximum absolute atomic E-state index is 10.9. The lowest BCUT2D eigenvalue weighted by atomic mass is 9.91. The number of hydrogen-bond donors (Lipinski definition) is 2. The van der Waals surface area contributed by atoms with Crippen LogP contribution in [-0.4, -0.2) is 41.7 Å². The van der Waals surface area contributed by atoms with Gasteiger partial charge in [0.2, 0.25) is 0 Å². The van der Waals surface area contributed by atoms with Crippen molar-refractivity contribution in [1.29, 1.82) is 0 Å². The number of carboxylic acids is 1. The molecule has 0 aromatic carbocycles. The highest BCUT2D eigenvalue weighted by atomic mass is 16.4. The van der Waals surface area contributed by atoms with E-state index in [4.69, 9.17) is 10.8 Å². The smallest absolute Gasteiger partial charge is 0.307 e. The van der Waals surface area contributed by atoms with Crippen LogP contribution in [-0.2, 0) is 4.79 Å². The number of carbonyl (C=O) groups is 1. The molecule has 94 valence electrons. The summed E-state index contributed by atoms with van der Waals surface area (Å²) >= 11 is 0. The largest absolute Gasteiger partial charge is 0.481 e. The standard InChI is InChI=1S/C12H24N2O2/c1-9(12(15)16)10(2)14-7-3-4-11(8-14)5-6-13/h9-11H,3-8,13H2,1-2H3,(H,15,16). The minimum atomic E-state index is -0.701. The van der Waals surface area contributed by atoms with Crippen molar-refractivity contribution in [3.05, 3.63) is 0 Å². The van der Waals surface area contributed by atoms with Crippen LogP contribution in [0.3, 0.4) is 0 Å². The van der Waals surface area contributed by atoms with Gasteiger partial charge in [-0.3, -0.25) is 9.69 Å². The number of rotatable bonds is 5. The molecule has 4 heteroatoms. The van der Waals surface area contributed by atoms with Crippen LogP contribution in [0.5, 0.6) is 0 Å². The van der Waals surface area contributed by atoms with Crippen LogP contribution < -0.4 is 5.73 Å². The second-order valence-electron chi connectivity index (χ2n) is 4.95. The van der Waals surface area contributed by atoms with Crippen LogP contribution in [0, 0.1) is 11.8 Å². The van der Waals surface area contributed by atoms with Crippen LogP contribution in [0.4, 0.5) is 0 Å². The van der Waals surface area contributed by atoms with Crippen LogP contribution in [0.25, 0.3) is 0 Å². The molecule has 1 fully saturated rings. The molecule has 1 heterocycles. The monoisotopic (exact) mass is 228 g/mol. The first kappa shape index (κ1) is 13.5. The van der Waals surface area contributed by atoms with E-state index in [9.17, 15) is 4.79 Å². The summed E-state index contributed by atoms with van der Waals surface area (Å²) in [6.07, 6.45) is 3.47. The van der Waals surface area contributed by atoms with Gasteiger partial charge in [-0.25, -0.2) is 0 Å². The Morgan fingerprint density at radius 2 is 2.25 bits per heavy atom. The van der Waals surface area contributed by atoms with Crippen LogP contribution in [0.2, 0.25) is 0 Å². The minimum absolute atomic E-state index is 0.123. The van der Waals surface area contributed by atoms with Gasteiger partial charge in [0.15, 0.2) is 0 Å². The Hall–Kier alpha value is -0.610. The van der Waals surface area contributed by atoms with E-state index in [1.807, 2.05) is 6.92 Å². The van der Waals surface area contributed by atoms with Gasteiger partial charge in [-0.15, -0.1) is 0 Å². The second kappa shape index (κ2) is 6.21. The van der Waals surface area contributed by atoms with Gasteiger partial charge in [0, 0.05) is 12.6 Å². The molecular weight excluding hydrogens is 204 g/mol. The molecule has 4 nitrogen and oxygen atoms in total. The van der Waals surface area contributed by atoms with E-state index >= 15 is 0 Å². The fourth-order valence-corrected chi connectivity index (χ4v) is 2.46. The first-order valence-electron chi connectivity index (χ1n) is 6.23. The average molecular weight is 228 g/mol. The number of aliphatic carboxylic acids is 1. The van der Waals surface area contributed by atoms with E-state index in [0.717, 1.165) is 26.1 Å². The average Bonchev–Trinajstić information content (AvgIpc) is 2.28. The van der Waals surface area contributed by atoms with Crippen molar-refractivity contribution < 1.29 is 9.90 Å². The van der Waals surface area contributed by atoms with Gasteiger partial charge in [0.05, 0.1) is 5.92 Å². The predicted molar refractivity (Wildman–Crippen MR) is 64.2 cm³/mol. The van der Waals surface area contributed by atoms with Crippen LogP contribution >= 0.6 is 0 Å². The molecule has 0 aromatic rings. The maximum Gasteiger partial charge on any atom is 0.307 e. The molecule has 0 aromatic heterocycles. The van der Waals surface area contributed by atoms with Crippen molar-refractivity contribution in [2.24, 2.45) is 17.6 Å². The highest BCUT2D eigenvalue weighted by molar-refractivity contribution is 5.70. The van der Waals surface area contributed by atoms with Crippen molar-refractivity contribution in [2.75, 3.05) is 19.6 Å². The van der Waals surface area contributed by atoms with E-state index in [-0.39, 0.29) is 12.0 Å². The lowest BCUT2D eigenvalue weighted by molar-refractivity contribution is -0.143. The molecule has 1 aliphatic rings. The van der Waals surface area contributed by atoms with Gasteiger partial charge in [0.25, 0.3) is 0 Å². The number of hydrogen-bond acceptors (Lipinski definition) is 3. The summed E-state index contributed by atoms with van der Waals surface area (Å²) in [4.78, 5) is 13.3. The van der Waals surface area contributed by atoms with Gasteiger partial charge in [-0.05, 0) is 45.2 Å². The fraction of sp³-hybridized carbons (Fsp3) is 0.917. The van der Waals surface area contributed by atoms with Crippen molar-refractivity contribution in [3.8, 4) is 0 Å². The molecule has 0 amide bonds. The third-order valence-corrected chi connectivity index (χ3v) is 3.81. The number of nitrogens with two attached hydrogens (primary N) is 1. The maximum atomic E-state index is 10.9. The van der Waals surface area contributed by atoms with Crippen molar-refractivity contribution >= 4 is 5.97 Å². The van der Waals surface area contributed by atoms with Crippen molar-refractivity contribution in [1.82, 2.24) is 4.90 Å². The first-order valence-corrected chi connectivity index (χ1v) is 6.23. The summed E-state index contributed by atoms with van der Waals surface area (Å²) in [7, 11) is 0. The van der Waals surface area contributed by atoms with Gasteiger partial charge in [-0.1, -0.05) is 6.92 Å². The molecule has 1 saturated heterocycles. The van der Waals surface area contributed by atoms with E-state index in [1.165, 1.54) is 12.8 Å². The Kier molecular flexibility index (Phi) is 5.22. The molecule has 0 saturated carbocycles. The summed E-state index contributed by atoms with van der Waals surface area (Å²) < 4.78 is 0. The zero-order valence-corrected chi connectivity index (χ0v) is 10.4. The molecule has 3 N–H and O–H groups in total. The van der Waals surface area contributed by atoms with E-state index in [2.05, 4.69) is 4.90 Å². The zero-order valence-electron chi connectivity index (χ0n) is 10.4. The Labute approximate surface area is 97.8 Å². The SMILES string of the molecule is CC(C(=O)O)C(C)N1CCCC(CCN)C1. The summed E-state index contributed by atoms with van der Waals surface area (Å²) in [6.45, 7) is 6.58. The molecule has 3 atom stereocenters. The third kappa shape index (κ3) is 3.46. The molecule has 0 aliphatic carbocycles. The number of nitrogens with zero attached hydrogens (tertiary/aromatic N) is 1. The highest BCUT2D eigenvalue weighted by Gasteiger charge is 2.29. The fourth-order valence-electron chi connectivity index (χ4n) is 2.46. The zero-order chi connectivity index (χ0) is 12.1. The number of likely N-dealkylation sites (tertiary alicyclic amines) is 1. The van der Waals surface area contributed by atoms with Gasteiger partial charge < -0.3 is 10.8 Å². The lowest BCUT2D eigenvalue weighted by Crippen LogP contribution is -2.46. The lowest BCUT2D eigenvalue weighted by Gasteiger charge is -2.38. The summed E-state index contributed by atoms with van der Waals surface area (Å²) in [5.74, 6) is -0.340. The van der Waals surface area contributed by atoms with Crippen molar-refractivity contribution in [2.45, 2.75) is 39.2 Å². The molecule has 1 aliphatic heterocycles. The van der Waals surface area contributed by atoms with Crippen LogP contribution in [0.15, 0.2) is 0 Å². The minimum Gasteiger partial charge on any atom is -0.481 e. The third-order valence-electron chi connectivity index (χ3n) is 3.81. The Morgan fingerprint density at radius 3 is 2.81 bits per heavy atom. The normalized spacial score (nSPS) is 26.3. The molecule has 3 unspecified atom stereocenters. The first-order chi connectivity index (χ1) is 7.56. The summed E-state index contributed by atoms with van der Waals surface area (Å²) in [6, 6.07) is 0.123. The molecule has 16 heavy (non-hydrogen) atoms.